The van der Waals surface area contributed by atoms with E-state index in [2.05, 4.69) is 10.9 Å². The van der Waals surface area contributed by atoms with Crippen molar-refractivity contribution in [2.24, 2.45) is 5.92 Å². The maximum absolute atomic E-state index is 11.3. The lowest BCUT2D eigenvalue weighted by molar-refractivity contribution is -0.121. The average Bonchev–Trinajstić information content (AvgIpc) is 2.09. The Labute approximate surface area is 96.9 Å². The Hall–Kier alpha value is -1.10. The van der Waals surface area contributed by atoms with Crippen LogP contribution in [-0.4, -0.2) is 23.5 Å². The summed E-state index contributed by atoms with van der Waals surface area (Å²) in [4.78, 5) is 22.3. The molecule has 0 saturated carbocycles. The Balaban J connectivity index is 3.97. The summed E-state index contributed by atoms with van der Waals surface area (Å²) in [6, 6.07) is -0.134. The van der Waals surface area contributed by atoms with Crippen LogP contribution in [0.15, 0.2) is 0 Å². The first kappa shape index (κ1) is 14.9. The Kier molecular flexibility index (Phi) is 5.44. The summed E-state index contributed by atoms with van der Waals surface area (Å²) in [6.07, 6.45) is -0.546. The smallest absolute Gasteiger partial charge is 0.422 e. The highest BCUT2D eigenvalue weighted by molar-refractivity contribution is 5.78. The van der Waals surface area contributed by atoms with Crippen LogP contribution in [0.5, 0.6) is 0 Å². The fourth-order valence-corrected chi connectivity index (χ4v) is 0.953. The fourth-order valence-electron chi connectivity index (χ4n) is 0.953. The summed E-state index contributed by atoms with van der Waals surface area (Å²) in [7, 11) is 0. The lowest BCUT2D eigenvalue weighted by Crippen LogP contribution is -2.48. The number of hydrogen-bond donors (Lipinski definition) is 2. The van der Waals surface area contributed by atoms with E-state index in [1.54, 1.807) is 27.7 Å². The van der Waals surface area contributed by atoms with Gasteiger partial charge in [-0.1, -0.05) is 6.92 Å². The van der Waals surface area contributed by atoms with Crippen LogP contribution in [-0.2, 0) is 9.53 Å². The van der Waals surface area contributed by atoms with Crippen LogP contribution >= 0.6 is 0 Å². The highest BCUT2D eigenvalue weighted by Crippen LogP contribution is 2.06. The van der Waals surface area contributed by atoms with Gasteiger partial charge in [0, 0.05) is 12.0 Å². The van der Waals surface area contributed by atoms with E-state index in [1.807, 2.05) is 6.92 Å². The van der Waals surface area contributed by atoms with Crippen LogP contribution in [0.1, 0.15) is 41.5 Å². The standard InChI is InChI=1S/C11H22N2O3/c1-7(9(3)14)8(2)12-13-10(15)16-11(4,5)6/h7-8,12H,1-6H3,(H,13,15). The van der Waals surface area contributed by atoms with E-state index in [1.165, 1.54) is 6.92 Å². The van der Waals surface area contributed by atoms with Gasteiger partial charge < -0.3 is 4.74 Å². The van der Waals surface area contributed by atoms with Crippen LogP contribution in [0, 0.1) is 5.92 Å². The Morgan fingerprint density at radius 3 is 2.06 bits per heavy atom. The largest absolute Gasteiger partial charge is 0.443 e. The number of carbonyl (C=O) groups excluding carboxylic acids is 2. The number of ether oxygens (including phenoxy) is 1. The molecule has 2 N–H and O–H groups in total. The maximum atomic E-state index is 11.3. The molecule has 0 aliphatic carbocycles. The van der Waals surface area contributed by atoms with Crippen molar-refractivity contribution in [3.63, 3.8) is 0 Å². The Morgan fingerprint density at radius 2 is 1.69 bits per heavy atom. The molecule has 0 aromatic rings. The third-order valence-corrected chi connectivity index (χ3v) is 2.19. The first-order valence-electron chi connectivity index (χ1n) is 5.38. The zero-order valence-electron chi connectivity index (χ0n) is 10.9. The molecule has 0 heterocycles. The van der Waals surface area contributed by atoms with Crippen molar-refractivity contribution in [3.8, 4) is 0 Å². The Morgan fingerprint density at radius 1 is 1.19 bits per heavy atom. The number of ketones is 1. The fraction of sp³-hybridized carbons (Fsp3) is 0.818. The average molecular weight is 230 g/mol. The summed E-state index contributed by atoms with van der Waals surface area (Å²) >= 11 is 0. The van der Waals surface area contributed by atoms with Crippen molar-refractivity contribution in [1.29, 1.82) is 0 Å². The molecule has 0 aromatic heterocycles. The summed E-state index contributed by atoms with van der Waals surface area (Å²) in [5.74, 6) is -0.0825. The molecule has 94 valence electrons. The van der Waals surface area contributed by atoms with Crippen LogP contribution in [0.2, 0.25) is 0 Å². The van der Waals surface area contributed by atoms with Crippen LogP contribution in [0.4, 0.5) is 4.79 Å². The molecule has 1 amide bonds. The molecule has 0 aliphatic heterocycles. The quantitative estimate of drug-likeness (QED) is 0.720. The number of hydrogen-bond acceptors (Lipinski definition) is 4. The minimum atomic E-state index is -0.546. The number of hydrazine groups is 1. The van der Waals surface area contributed by atoms with Gasteiger partial charge in [-0.3, -0.25) is 10.2 Å². The van der Waals surface area contributed by atoms with E-state index in [4.69, 9.17) is 4.74 Å². The van der Waals surface area contributed by atoms with Gasteiger partial charge in [0.1, 0.15) is 11.4 Å². The van der Waals surface area contributed by atoms with Gasteiger partial charge in [-0.25, -0.2) is 10.2 Å². The van der Waals surface area contributed by atoms with Gasteiger partial charge in [0.15, 0.2) is 0 Å². The van der Waals surface area contributed by atoms with Gasteiger partial charge in [-0.15, -0.1) is 0 Å². The van der Waals surface area contributed by atoms with Gasteiger partial charge in [-0.2, -0.15) is 0 Å². The number of Topliss-reactive ketones (excluding diaryl/α,β-unsaturated/α-hetero) is 1. The molecule has 0 bridgehead atoms. The van der Waals surface area contributed by atoms with Crippen molar-refractivity contribution >= 4 is 11.9 Å². The molecule has 0 spiro atoms. The van der Waals surface area contributed by atoms with Gasteiger partial charge >= 0.3 is 6.09 Å². The van der Waals surface area contributed by atoms with Crippen molar-refractivity contribution in [2.45, 2.75) is 53.2 Å². The predicted molar refractivity (Wildman–Crippen MR) is 61.8 cm³/mol. The zero-order chi connectivity index (χ0) is 12.9. The van der Waals surface area contributed by atoms with E-state index in [0.717, 1.165) is 0 Å². The molecule has 16 heavy (non-hydrogen) atoms. The number of carbonyl (C=O) groups is 2. The maximum Gasteiger partial charge on any atom is 0.422 e. The Bertz CT molecular complexity index is 258. The molecular formula is C11H22N2O3. The lowest BCUT2D eigenvalue weighted by atomic mass is 10.0. The summed E-state index contributed by atoms with van der Waals surface area (Å²) in [6.45, 7) is 10.5. The summed E-state index contributed by atoms with van der Waals surface area (Å²) in [5.41, 5.74) is 4.63. The van der Waals surface area contributed by atoms with Crippen molar-refractivity contribution in [2.75, 3.05) is 0 Å². The normalized spacial score (nSPS) is 15.1. The second-order valence-electron chi connectivity index (χ2n) is 4.96. The number of nitrogens with one attached hydrogen (secondary N) is 2. The monoisotopic (exact) mass is 230 g/mol. The highest BCUT2D eigenvalue weighted by atomic mass is 16.6. The van der Waals surface area contributed by atoms with E-state index < -0.39 is 11.7 Å². The molecule has 2 atom stereocenters. The molecular weight excluding hydrogens is 208 g/mol. The van der Waals surface area contributed by atoms with E-state index in [-0.39, 0.29) is 17.7 Å². The molecule has 0 aliphatic rings. The van der Waals surface area contributed by atoms with Gasteiger partial charge in [0.25, 0.3) is 0 Å². The zero-order valence-corrected chi connectivity index (χ0v) is 10.9. The minimum Gasteiger partial charge on any atom is -0.443 e. The van der Waals surface area contributed by atoms with Crippen molar-refractivity contribution in [3.05, 3.63) is 0 Å². The van der Waals surface area contributed by atoms with E-state index >= 15 is 0 Å². The van der Waals surface area contributed by atoms with Gasteiger partial charge in [-0.05, 0) is 34.6 Å². The lowest BCUT2D eigenvalue weighted by Gasteiger charge is -2.23. The number of amides is 1. The minimum absolute atomic E-state index is 0.0750. The highest BCUT2D eigenvalue weighted by Gasteiger charge is 2.19. The first-order chi connectivity index (χ1) is 7.13. The van der Waals surface area contributed by atoms with Crippen LogP contribution < -0.4 is 10.9 Å². The molecule has 0 saturated heterocycles. The predicted octanol–water partition coefficient (Wildman–Crippen LogP) is 1.63. The SMILES string of the molecule is CC(=O)C(C)C(C)NNC(=O)OC(C)(C)C. The van der Waals surface area contributed by atoms with E-state index in [9.17, 15) is 9.59 Å². The second-order valence-corrected chi connectivity index (χ2v) is 4.96. The van der Waals surface area contributed by atoms with Crippen LogP contribution in [0.25, 0.3) is 0 Å². The molecule has 0 radical (unpaired) electrons. The molecule has 0 rings (SSSR count). The molecule has 5 nitrogen and oxygen atoms in total. The summed E-state index contributed by atoms with van der Waals surface area (Å²) < 4.78 is 5.03. The van der Waals surface area contributed by atoms with E-state index in [0.29, 0.717) is 0 Å². The topological polar surface area (TPSA) is 67.4 Å². The van der Waals surface area contributed by atoms with Gasteiger partial charge in [0.05, 0.1) is 0 Å². The molecule has 0 fully saturated rings. The summed E-state index contributed by atoms with van der Waals surface area (Å²) in [5, 5.41) is 0. The molecule has 0 aromatic carbocycles. The van der Waals surface area contributed by atoms with Crippen LogP contribution in [0.3, 0.4) is 0 Å². The molecule has 2 unspecified atom stereocenters. The van der Waals surface area contributed by atoms with Crippen molar-refractivity contribution in [1.82, 2.24) is 10.9 Å². The van der Waals surface area contributed by atoms with Gasteiger partial charge in [0.2, 0.25) is 0 Å². The third kappa shape index (κ3) is 6.40. The third-order valence-electron chi connectivity index (χ3n) is 2.19. The number of rotatable bonds is 4. The molecule has 5 heteroatoms. The first-order valence-corrected chi connectivity index (χ1v) is 5.38. The van der Waals surface area contributed by atoms with Crippen molar-refractivity contribution < 1.29 is 14.3 Å². The second kappa shape index (κ2) is 5.84.